The molecule has 1 aromatic rings. The van der Waals surface area contributed by atoms with E-state index in [-0.39, 0.29) is 37.9 Å². The van der Waals surface area contributed by atoms with Crippen molar-refractivity contribution in [2.75, 3.05) is 48.1 Å². The first-order valence-corrected chi connectivity index (χ1v) is 19.5. The van der Waals surface area contributed by atoms with E-state index in [9.17, 15) is 29.7 Å². The van der Waals surface area contributed by atoms with Gasteiger partial charge in [0.05, 0.1) is 30.5 Å². The van der Waals surface area contributed by atoms with Gasteiger partial charge in [0, 0.05) is 88.9 Å². The van der Waals surface area contributed by atoms with Crippen molar-refractivity contribution in [1.29, 1.82) is 0 Å². The minimum Gasteiger partial charge on any atom is -0.481 e. The van der Waals surface area contributed by atoms with Gasteiger partial charge in [0.2, 0.25) is 0 Å². The second kappa shape index (κ2) is 14.7. The van der Waals surface area contributed by atoms with Crippen LogP contribution in [0.5, 0.6) is 0 Å². The van der Waals surface area contributed by atoms with Crippen LogP contribution in [0.4, 0.5) is 0 Å². The van der Waals surface area contributed by atoms with Gasteiger partial charge >= 0.3 is 17.9 Å². The zero-order valence-electron chi connectivity index (χ0n) is 31.9. The number of nitrogens with zero attached hydrogens (tertiary/aromatic N) is 1. The number of aliphatic carboxylic acids is 1. The van der Waals surface area contributed by atoms with Crippen molar-refractivity contribution < 1.29 is 63.2 Å². The van der Waals surface area contributed by atoms with E-state index in [4.69, 9.17) is 33.5 Å². The number of carboxylic acid groups (broad SMARTS) is 1. The average Bonchev–Trinajstić information content (AvgIpc) is 3.53. The third kappa shape index (κ3) is 5.30. The molecular weight excluding hydrogens is 702 g/mol. The van der Waals surface area contributed by atoms with Crippen LogP contribution in [0.15, 0.2) is 30.3 Å². The van der Waals surface area contributed by atoms with Gasteiger partial charge in [-0.1, -0.05) is 38.0 Å². The van der Waals surface area contributed by atoms with E-state index >= 15 is 0 Å². The van der Waals surface area contributed by atoms with Gasteiger partial charge in [0.15, 0.2) is 5.60 Å². The lowest BCUT2D eigenvalue weighted by molar-refractivity contribution is -0.323. The highest BCUT2D eigenvalue weighted by Gasteiger charge is 2.92. The van der Waals surface area contributed by atoms with Crippen molar-refractivity contribution in [1.82, 2.24) is 4.90 Å². The molecule has 7 bridgehead atoms. The van der Waals surface area contributed by atoms with Crippen LogP contribution in [0, 0.1) is 34.5 Å². The highest BCUT2D eigenvalue weighted by Crippen LogP contribution is 2.80. The predicted molar refractivity (Wildman–Crippen MR) is 190 cm³/mol. The van der Waals surface area contributed by atoms with Crippen LogP contribution in [-0.2, 0) is 38.0 Å². The molecular formula is C40H57NO13. The Morgan fingerprint density at radius 3 is 2.22 bits per heavy atom. The molecule has 5 saturated carbocycles. The largest absolute Gasteiger partial charge is 0.481 e. The summed E-state index contributed by atoms with van der Waals surface area (Å²) in [5.41, 5.74) is -5.07. The van der Waals surface area contributed by atoms with Crippen LogP contribution in [0.25, 0.3) is 0 Å². The van der Waals surface area contributed by atoms with Gasteiger partial charge in [0.25, 0.3) is 0 Å². The Morgan fingerprint density at radius 1 is 0.907 bits per heavy atom. The molecule has 15 atom stereocenters. The number of carbonyl (C=O) groups excluding carboxylic acids is 2. The number of rotatable bonds is 16. The number of hydrogen-bond donors (Lipinski definition) is 4. The average molecular weight is 760 g/mol. The fourth-order valence-corrected chi connectivity index (χ4v) is 13.2. The molecule has 14 heteroatoms. The molecule has 54 heavy (non-hydrogen) atoms. The molecule has 7 rings (SSSR count). The summed E-state index contributed by atoms with van der Waals surface area (Å²) in [6.07, 6.45) is -3.69. The number of esters is 2. The Kier molecular flexibility index (Phi) is 10.7. The van der Waals surface area contributed by atoms with Gasteiger partial charge in [-0.15, -0.1) is 0 Å². The molecule has 1 spiro atoms. The summed E-state index contributed by atoms with van der Waals surface area (Å²) in [6, 6.07) is 8.08. The van der Waals surface area contributed by atoms with Gasteiger partial charge in [0.1, 0.15) is 23.9 Å². The summed E-state index contributed by atoms with van der Waals surface area (Å²) < 4.78 is 38.2. The molecule has 0 radical (unpaired) electrons. The van der Waals surface area contributed by atoms with Gasteiger partial charge < -0.3 is 48.8 Å². The molecule has 4 N–H and O–H groups in total. The highest BCUT2D eigenvalue weighted by atomic mass is 16.6. The number of aliphatic hydroxyl groups is 3. The van der Waals surface area contributed by atoms with Crippen molar-refractivity contribution in [2.45, 2.75) is 112 Å². The number of piperidine rings is 1. The number of methoxy groups -OCH3 is 4. The number of aliphatic hydroxyl groups excluding tert-OH is 2. The summed E-state index contributed by atoms with van der Waals surface area (Å²) >= 11 is 0. The minimum atomic E-state index is -1.89. The molecule has 1 aliphatic heterocycles. The van der Waals surface area contributed by atoms with Gasteiger partial charge in [-0.25, -0.2) is 4.79 Å². The lowest BCUT2D eigenvalue weighted by Crippen LogP contribution is -2.81. The van der Waals surface area contributed by atoms with E-state index in [1.54, 1.807) is 51.7 Å². The number of likely N-dealkylation sites (tertiary alicyclic amines) is 1. The number of carbonyl (C=O) groups is 3. The van der Waals surface area contributed by atoms with Crippen molar-refractivity contribution in [3.8, 4) is 0 Å². The molecule has 1 aromatic carbocycles. The molecule has 0 amide bonds. The molecule has 0 aromatic heterocycles. The number of hydrogen-bond acceptors (Lipinski definition) is 13. The molecule has 1 saturated heterocycles. The summed E-state index contributed by atoms with van der Waals surface area (Å²) in [5, 5.41) is 47.0. The first-order valence-electron chi connectivity index (χ1n) is 19.5. The standard InChI is InChI=1S/C40H57NO13/c1-6-41-20-37(21-49-2)24(42)18-25(50-3)39-23-19-38(48)34(53-36(47)22-14-10-9-11-15-22)28(23)40(33(46)35(38)52-5,29(32(39)41)30(51-4)31(37)39)54-27(45)17-13-8-7-12-16-26(43)44/h9-11,14-15,23-25,28-35,42,46,48H,6-8,12-13,16-21H2,1-5H3,(H,43,44)/t23-,24-,25+,28-,29-,30+,31-,32-,33+,34-,35+,37+,38-,39+,40-/m1/s1. The third-order valence-electron chi connectivity index (χ3n) is 14.7. The van der Waals surface area contributed by atoms with Gasteiger partial charge in [-0.2, -0.15) is 0 Å². The number of carboxylic acids is 1. The fraction of sp³-hybridized carbons (Fsp3) is 0.775. The van der Waals surface area contributed by atoms with Crippen LogP contribution in [0.2, 0.25) is 0 Å². The monoisotopic (exact) mass is 759 g/mol. The normalized spacial score (nSPS) is 44.2. The Hall–Kier alpha value is -2.69. The maximum atomic E-state index is 14.3. The quantitative estimate of drug-likeness (QED) is 0.142. The Balaban J connectivity index is 1.41. The molecule has 14 nitrogen and oxygen atoms in total. The van der Waals surface area contributed by atoms with Crippen LogP contribution >= 0.6 is 0 Å². The maximum absolute atomic E-state index is 14.3. The summed E-state index contributed by atoms with van der Waals surface area (Å²) in [5.74, 6) is -4.75. The van der Waals surface area contributed by atoms with E-state index in [1.165, 1.54) is 7.11 Å². The van der Waals surface area contributed by atoms with E-state index < -0.39 is 106 Å². The lowest BCUT2D eigenvalue weighted by Gasteiger charge is -2.70. The van der Waals surface area contributed by atoms with Crippen molar-refractivity contribution in [2.24, 2.45) is 34.5 Å². The first-order chi connectivity index (χ1) is 25.9. The Morgan fingerprint density at radius 2 is 1.61 bits per heavy atom. The lowest BCUT2D eigenvalue weighted by atomic mass is 9.42. The van der Waals surface area contributed by atoms with E-state index in [0.29, 0.717) is 38.8 Å². The molecule has 6 aliphatic rings. The zero-order valence-corrected chi connectivity index (χ0v) is 31.9. The van der Waals surface area contributed by atoms with Crippen LogP contribution in [-0.4, -0.2) is 145 Å². The van der Waals surface area contributed by atoms with Crippen molar-refractivity contribution in [3.05, 3.63) is 35.9 Å². The number of fused-ring (bicyclic) bond motifs is 2. The van der Waals surface area contributed by atoms with Crippen molar-refractivity contribution in [3.63, 3.8) is 0 Å². The minimum absolute atomic E-state index is 0.00341. The summed E-state index contributed by atoms with van der Waals surface area (Å²) in [7, 11) is 6.23. The van der Waals surface area contributed by atoms with E-state index in [1.807, 2.05) is 6.92 Å². The number of benzene rings is 1. The maximum Gasteiger partial charge on any atom is 0.338 e. The Bertz CT molecular complexity index is 1560. The molecule has 5 aliphatic carbocycles. The zero-order chi connectivity index (χ0) is 38.8. The van der Waals surface area contributed by atoms with Crippen molar-refractivity contribution >= 4 is 17.9 Å². The third-order valence-corrected chi connectivity index (χ3v) is 14.7. The van der Waals surface area contributed by atoms with Gasteiger partial charge in [-0.3, -0.25) is 14.5 Å². The SMILES string of the molecule is CCN1C[C@]2(COC)[C@H](O)C[C@H](OC)[C@@]34[C@@H]5C[C@@]6(O)[C@H](OC(=O)c7ccccc7)[C@@H]5[C@@](OC(=O)CCCCCCC(=O)O)([C@H]([C@H](OC)[C@H]23)[C@@H]14)[C@@H](O)[C@@H]6OC. The Labute approximate surface area is 316 Å². The smallest absolute Gasteiger partial charge is 0.338 e. The van der Waals surface area contributed by atoms with Crippen LogP contribution in [0.3, 0.4) is 0 Å². The number of unbranched alkanes of at least 4 members (excludes halogenated alkanes) is 3. The molecule has 300 valence electrons. The number of ether oxygens (including phenoxy) is 6. The second-order valence-electron chi connectivity index (χ2n) is 16.6. The molecule has 6 fully saturated rings. The fourth-order valence-electron chi connectivity index (χ4n) is 13.2. The predicted octanol–water partition coefficient (Wildman–Crippen LogP) is 2.05. The molecule has 0 unspecified atom stereocenters. The molecule has 1 heterocycles. The van der Waals surface area contributed by atoms with E-state index in [0.717, 1.165) is 0 Å². The van der Waals surface area contributed by atoms with E-state index in [2.05, 4.69) is 4.90 Å². The first kappa shape index (κ1) is 39.5. The second-order valence-corrected chi connectivity index (χ2v) is 16.6. The van der Waals surface area contributed by atoms with Gasteiger partial charge in [-0.05, 0) is 43.9 Å². The van der Waals surface area contributed by atoms with Crippen LogP contribution in [0.1, 0.15) is 68.6 Å². The topological polar surface area (TPSA) is 191 Å². The summed E-state index contributed by atoms with van der Waals surface area (Å²) in [6.45, 7) is 3.26. The van der Waals surface area contributed by atoms with Crippen LogP contribution < -0.4 is 0 Å². The summed E-state index contributed by atoms with van der Waals surface area (Å²) in [4.78, 5) is 41.6. The highest BCUT2D eigenvalue weighted by molar-refractivity contribution is 5.89.